The van der Waals surface area contributed by atoms with E-state index in [0.717, 1.165) is 6.42 Å². The second-order valence-electron chi connectivity index (χ2n) is 3.46. The molecule has 1 unspecified atom stereocenters. The molecular weight excluding hydrogens is 158 g/mol. The molecule has 2 rings (SSSR count). The summed E-state index contributed by atoms with van der Waals surface area (Å²) >= 11 is 0. The summed E-state index contributed by atoms with van der Waals surface area (Å²) in [6.07, 6.45) is 9.47. The van der Waals surface area contributed by atoms with Crippen LogP contribution in [0.15, 0.2) is 48.2 Å². The van der Waals surface area contributed by atoms with Gasteiger partial charge in [-0.1, -0.05) is 29.9 Å². The molecule has 0 saturated carbocycles. The van der Waals surface area contributed by atoms with Gasteiger partial charge in [0.05, 0.1) is 0 Å². The van der Waals surface area contributed by atoms with Crippen LogP contribution in [0.5, 0.6) is 0 Å². The minimum Gasteiger partial charge on any atom is -0.261 e. The van der Waals surface area contributed by atoms with Crippen molar-refractivity contribution >= 4 is 0 Å². The summed E-state index contributed by atoms with van der Waals surface area (Å²) < 4.78 is 0. The van der Waals surface area contributed by atoms with Crippen LogP contribution in [0.4, 0.5) is 0 Å². The van der Waals surface area contributed by atoms with Crippen molar-refractivity contribution in [1.29, 1.82) is 0 Å². The summed E-state index contributed by atoms with van der Waals surface area (Å²) in [4.78, 5) is 4.36. The quantitative estimate of drug-likeness (QED) is 0.632. The van der Waals surface area contributed by atoms with E-state index in [1.54, 1.807) is 0 Å². The third kappa shape index (κ3) is 1.86. The fourth-order valence-electron chi connectivity index (χ4n) is 1.64. The van der Waals surface area contributed by atoms with E-state index in [-0.39, 0.29) is 0 Å². The van der Waals surface area contributed by atoms with Gasteiger partial charge in [0.1, 0.15) is 0 Å². The summed E-state index contributed by atoms with van der Waals surface area (Å²) in [5, 5.41) is 0. The van der Waals surface area contributed by atoms with Crippen molar-refractivity contribution in [1.82, 2.24) is 4.98 Å². The second kappa shape index (κ2) is 3.56. The lowest BCUT2D eigenvalue weighted by Crippen LogP contribution is -2.01. The van der Waals surface area contributed by atoms with Crippen LogP contribution in [0.1, 0.15) is 25.0 Å². The lowest BCUT2D eigenvalue weighted by molar-refractivity contribution is 0.782. The molecule has 13 heavy (non-hydrogen) atoms. The SMILES string of the molecule is CC1=CC=CC(c2ccccn2)C1. The molecular formula is C12H13N. The van der Waals surface area contributed by atoms with Crippen LogP contribution < -0.4 is 0 Å². The van der Waals surface area contributed by atoms with Crippen molar-refractivity contribution in [2.45, 2.75) is 19.3 Å². The van der Waals surface area contributed by atoms with Crippen LogP contribution in [0, 0.1) is 0 Å². The topological polar surface area (TPSA) is 12.9 Å². The van der Waals surface area contributed by atoms with Gasteiger partial charge in [-0.15, -0.1) is 0 Å². The zero-order valence-electron chi connectivity index (χ0n) is 7.77. The molecule has 1 heterocycles. The van der Waals surface area contributed by atoms with Gasteiger partial charge in [-0.3, -0.25) is 4.98 Å². The van der Waals surface area contributed by atoms with Crippen LogP contribution in [0.25, 0.3) is 0 Å². The van der Waals surface area contributed by atoms with E-state index in [1.165, 1.54) is 11.3 Å². The fourth-order valence-corrected chi connectivity index (χ4v) is 1.64. The average Bonchev–Trinajstić information content (AvgIpc) is 2.19. The van der Waals surface area contributed by atoms with E-state index >= 15 is 0 Å². The van der Waals surface area contributed by atoms with E-state index in [9.17, 15) is 0 Å². The third-order valence-corrected chi connectivity index (χ3v) is 2.33. The smallest absolute Gasteiger partial charge is 0.0475 e. The van der Waals surface area contributed by atoms with Crippen LogP contribution >= 0.6 is 0 Å². The van der Waals surface area contributed by atoms with Crippen LogP contribution in [0.3, 0.4) is 0 Å². The number of rotatable bonds is 1. The predicted octanol–water partition coefficient (Wildman–Crippen LogP) is 3.07. The standard InChI is InChI=1S/C12H13N/c1-10-5-4-6-11(9-10)12-7-2-3-8-13-12/h2-8,11H,9H2,1H3. The third-order valence-electron chi connectivity index (χ3n) is 2.33. The van der Waals surface area contributed by atoms with Crippen LogP contribution in [-0.4, -0.2) is 4.98 Å². The highest BCUT2D eigenvalue weighted by Crippen LogP contribution is 2.26. The normalized spacial score (nSPS) is 21.3. The summed E-state index contributed by atoms with van der Waals surface area (Å²) in [7, 11) is 0. The first-order valence-corrected chi connectivity index (χ1v) is 4.61. The number of allylic oxidation sites excluding steroid dienone is 4. The van der Waals surface area contributed by atoms with Crippen molar-refractivity contribution in [3.8, 4) is 0 Å². The Bertz CT molecular complexity index is 335. The molecule has 0 aliphatic heterocycles. The Morgan fingerprint density at radius 2 is 2.31 bits per heavy atom. The van der Waals surface area contributed by atoms with Gasteiger partial charge < -0.3 is 0 Å². The maximum absolute atomic E-state index is 4.36. The van der Waals surface area contributed by atoms with Gasteiger partial charge in [0.2, 0.25) is 0 Å². The molecule has 0 bridgehead atoms. The molecule has 0 radical (unpaired) electrons. The van der Waals surface area contributed by atoms with E-state index in [2.05, 4.69) is 36.2 Å². The molecule has 1 heteroatoms. The maximum Gasteiger partial charge on any atom is 0.0475 e. The fraction of sp³-hybridized carbons (Fsp3) is 0.250. The molecule has 1 nitrogen and oxygen atoms in total. The van der Waals surface area contributed by atoms with Crippen LogP contribution in [0.2, 0.25) is 0 Å². The summed E-state index contributed by atoms with van der Waals surface area (Å²) in [5.74, 6) is 0.478. The Labute approximate surface area is 78.8 Å². The minimum atomic E-state index is 0.478. The molecule has 0 spiro atoms. The van der Waals surface area contributed by atoms with Gasteiger partial charge >= 0.3 is 0 Å². The number of aromatic nitrogens is 1. The van der Waals surface area contributed by atoms with E-state index in [0.29, 0.717) is 5.92 Å². The Morgan fingerprint density at radius 3 is 3.00 bits per heavy atom. The lowest BCUT2D eigenvalue weighted by atomic mass is 9.92. The molecule has 1 atom stereocenters. The monoisotopic (exact) mass is 171 g/mol. The van der Waals surface area contributed by atoms with E-state index < -0.39 is 0 Å². The zero-order chi connectivity index (χ0) is 9.10. The van der Waals surface area contributed by atoms with E-state index in [1.807, 2.05) is 18.3 Å². The van der Waals surface area contributed by atoms with Gasteiger partial charge in [0.25, 0.3) is 0 Å². The first-order chi connectivity index (χ1) is 6.36. The highest BCUT2D eigenvalue weighted by atomic mass is 14.7. The van der Waals surface area contributed by atoms with Crippen molar-refractivity contribution in [2.75, 3.05) is 0 Å². The Balaban J connectivity index is 2.21. The molecule has 1 aromatic heterocycles. The Kier molecular flexibility index (Phi) is 2.26. The number of hydrogen-bond donors (Lipinski definition) is 0. The molecule has 0 fully saturated rings. The Hall–Kier alpha value is -1.37. The largest absolute Gasteiger partial charge is 0.261 e. The average molecular weight is 171 g/mol. The molecule has 0 aromatic carbocycles. The molecule has 0 N–H and O–H groups in total. The summed E-state index contributed by atoms with van der Waals surface area (Å²) in [6.45, 7) is 2.17. The van der Waals surface area contributed by atoms with Gasteiger partial charge in [-0.2, -0.15) is 0 Å². The predicted molar refractivity (Wildman–Crippen MR) is 54.5 cm³/mol. The number of pyridine rings is 1. The Morgan fingerprint density at radius 1 is 1.38 bits per heavy atom. The highest BCUT2D eigenvalue weighted by molar-refractivity contribution is 5.27. The molecule has 1 aromatic rings. The van der Waals surface area contributed by atoms with Crippen molar-refractivity contribution in [3.63, 3.8) is 0 Å². The molecule has 1 aliphatic carbocycles. The van der Waals surface area contributed by atoms with Crippen molar-refractivity contribution in [2.24, 2.45) is 0 Å². The minimum absolute atomic E-state index is 0.478. The van der Waals surface area contributed by atoms with Gasteiger partial charge in [0.15, 0.2) is 0 Å². The first-order valence-electron chi connectivity index (χ1n) is 4.61. The van der Waals surface area contributed by atoms with E-state index in [4.69, 9.17) is 0 Å². The first kappa shape index (κ1) is 8.24. The highest BCUT2D eigenvalue weighted by Gasteiger charge is 2.11. The maximum atomic E-state index is 4.36. The molecule has 1 aliphatic rings. The van der Waals surface area contributed by atoms with Crippen molar-refractivity contribution in [3.05, 3.63) is 53.9 Å². The number of nitrogens with zero attached hydrogens (tertiary/aromatic N) is 1. The molecule has 0 saturated heterocycles. The van der Waals surface area contributed by atoms with Gasteiger partial charge in [-0.25, -0.2) is 0 Å². The van der Waals surface area contributed by atoms with Gasteiger partial charge in [0, 0.05) is 17.8 Å². The zero-order valence-corrected chi connectivity index (χ0v) is 7.77. The lowest BCUT2D eigenvalue weighted by Gasteiger charge is -2.15. The molecule has 66 valence electrons. The number of hydrogen-bond acceptors (Lipinski definition) is 1. The second-order valence-corrected chi connectivity index (χ2v) is 3.46. The summed E-state index contributed by atoms with van der Waals surface area (Å²) in [6, 6.07) is 6.09. The molecule has 0 amide bonds. The van der Waals surface area contributed by atoms with Crippen molar-refractivity contribution < 1.29 is 0 Å². The van der Waals surface area contributed by atoms with Gasteiger partial charge in [-0.05, 0) is 25.5 Å². The van der Waals surface area contributed by atoms with Crippen LogP contribution in [-0.2, 0) is 0 Å². The summed E-state index contributed by atoms with van der Waals surface area (Å²) in [5.41, 5.74) is 2.60.